The lowest BCUT2D eigenvalue weighted by molar-refractivity contribution is 0.0691. The van der Waals surface area contributed by atoms with E-state index < -0.39 is 27.4 Å². The molecule has 1 aliphatic rings. The molecule has 0 spiro atoms. The van der Waals surface area contributed by atoms with Crippen LogP contribution < -0.4 is 4.31 Å². The zero-order valence-electron chi connectivity index (χ0n) is 12.9. The second-order valence-electron chi connectivity index (χ2n) is 5.76. The first-order valence-corrected chi connectivity index (χ1v) is 8.91. The average molecular weight is 349 g/mol. The van der Waals surface area contributed by atoms with Gasteiger partial charge in [0.25, 0.3) is 10.0 Å². The van der Waals surface area contributed by atoms with Gasteiger partial charge >= 0.3 is 5.97 Å². The second kappa shape index (κ2) is 5.90. The van der Waals surface area contributed by atoms with Gasteiger partial charge in [0.1, 0.15) is 5.82 Å². The molecule has 0 aromatic heterocycles. The van der Waals surface area contributed by atoms with E-state index in [4.69, 9.17) is 5.11 Å². The van der Waals surface area contributed by atoms with Crippen LogP contribution >= 0.6 is 0 Å². The van der Waals surface area contributed by atoms with Gasteiger partial charge in [0, 0.05) is 6.04 Å². The number of para-hydroxylation sites is 1. The first kappa shape index (κ1) is 16.4. The lowest BCUT2D eigenvalue weighted by Gasteiger charge is -2.36. The summed E-state index contributed by atoms with van der Waals surface area (Å²) in [7, 11) is -3.99. The number of carboxylic acid groups (broad SMARTS) is 1. The molecule has 126 valence electrons. The van der Waals surface area contributed by atoms with E-state index in [1.165, 1.54) is 4.31 Å². The van der Waals surface area contributed by atoms with Gasteiger partial charge in [-0.25, -0.2) is 17.6 Å². The minimum absolute atomic E-state index is 0.232. The molecule has 2 aromatic carbocycles. The van der Waals surface area contributed by atoms with Gasteiger partial charge in [0.2, 0.25) is 0 Å². The fourth-order valence-electron chi connectivity index (χ4n) is 2.96. The van der Waals surface area contributed by atoms with Crippen molar-refractivity contribution < 1.29 is 22.7 Å². The fourth-order valence-corrected chi connectivity index (χ4v) is 4.72. The zero-order chi connectivity index (χ0) is 17.5. The van der Waals surface area contributed by atoms with Crippen molar-refractivity contribution in [3.63, 3.8) is 0 Å². The Balaban J connectivity index is 2.15. The number of halogens is 1. The molecule has 0 radical (unpaired) electrons. The van der Waals surface area contributed by atoms with E-state index in [1.54, 1.807) is 19.1 Å². The predicted octanol–water partition coefficient (Wildman–Crippen LogP) is 3.05. The normalized spacial score (nSPS) is 17.4. The Morgan fingerprint density at radius 1 is 1.25 bits per heavy atom. The minimum Gasteiger partial charge on any atom is -0.478 e. The van der Waals surface area contributed by atoms with E-state index in [-0.39, 0.29) is 10.9 Å². The molecule has 1 heterocycles. The van der Waals surface area contributed by atoms with Crippen LogP contribution in [0, 0.1) is 5.82 Å². The first-order chi connectivity index (χ1) is 11.3. The van der Waals surface area contributed by atoms with Gasteiger partial charge in [-0.05, 0) is 49.6 Å². The van der Waals surface area contributed by atoms with E-state index in [0.717, 1.165) is 30.2 Å². The third-order valence-corrected chi connectivity index (χ3v) is 6.11. The van der Waals surface area contributed by atoms with Gasteiger partial charge in [-0.2, -0.15) is 0 Å². The first-order valence-electron chi connectivity index (χ1n) is 7.47. The topological polar surface area (TPSA) is 74.7 Å². The van der Waals surface area contributed by atoms with Crippen LogP contribution in [0.4, 0.5) is 10.1 Å². The summed E-state index contributed by atoms with van der Waals surface area (Å²) in [5.41, 5.74) is 0.839. The van der Waals surface area contributed by atoms with E-state index >= 15 is 0 Å². The maximum atomic E-state index is 13.6. The van der Waals surface area contributed by atoms with Crippen LogP contribution in [0.15, 0.2) is 47.4 Å². The predicted molar refractivity (Wildman–Crippen MR) is 87.2 cm³/mol. The monoisotopic (exact) mass is 349 g/mol. The van der Waals surface area contributed by atoms with E-state index in [1.807, 2.05) is 12.1 Å². The molecule has 0 saturated carbocycles. The number of hydrogen-bond donors (Lipinski definition) is 1. The van der Waals surface area contributed by atoms with Crippen LogP contribution in [0.3, 0.4) is 0 Å². The van der Waals surface area contributed by atoms with Gasteiger partial charge in [-0.1, -0.05) is 18.2 Å². The van der Waals surface area contributed by atoms with Crippen LogP contribution in [0.5, 0.6) is 0 Å². The number of aromatic carboxylic acids is 1. The van der Waals surface area contributed by atoms with Crippen molar-refractivity contribution in [1.82, 2.24) is 0 Å². The van der Waals surface area contributed by atoms with Crippen molar-refractivity contribution in [1.29, 1.82) is 0 Å². The van der Waals surface area contributed by atoms with Crippen molar-refractivity contribution >= 4 is 21.7 Å². The molecule has 0 unspecified atom stereocenters. The van der Waals surface area contributed by atoms with Gasteiger partial charge < -0.3 is 5.11 Å². The second-order valence-corrected chi connectivity index (χ2v) is 7.58. The molecule has 1 aliphatic heterocycles. The maximum absolute atomic E-state index is 13.6. The zero-order valence-corrected chi connectivity index (χ0v) is 13.8. The summed E-state index contributed by atoms with van der Waals surface area (Å²) in [4.78, 5) is 10.9. The van der Waals surface area contributed by atoms with Crippen LogP contribution in [0.1, 0.15) is 29.3 Å². The maximum Gasteiger partial charge on any atom is 0.338 e. The largest absolute Gasteiger partial charge is 0.478 e. The lowest BCUT2D eigenvalue weighted by atomic mass is 9.99. The summed E-state index contributed by atoms with van der Waals surface area (Å²) < 4.78 is 41.0. The number of rotatable bonds is 3. The van der Waals surface area contributed by atoms with E-state index in [2.05, 4.69) is 0 Å². The highest BCUT2D eigenvalue weighted by molar-refractivity contribution is 7.92. The molecule has 3 rings (SSSR count). The molecule has 0 bridgehead atoms. The van der Waals surface area contributed by atoms with Crippen molar-refractivity contribution in [3.8, 4) is 0 Å². The van der Waals surface area contributed by atoms with Crippen LogP contribution in [0.2, 0.25) is 0 Å². The number of benzene rings is 2. The highest BCUT2D eigenvalue weighted by Gasteiger charge is 2.34. The Hall–Kier alpha value is -2.41. The molecule has 0 fully saturated rings. The van der Waals surface area contributed by atoms with E-state index in [0.29, 0.717) is 12.1 Å². The molecule has 1 atom stereocenters. The number of nitrogens with zero attached hydrogens (tertiary/aromatic N) is 1. The Bertz CT molecular complexity index is 911. The van der Waals surface area contributed by atoms with Crippen molar-refractivity contribution in [2.45, 2.75) is 30.7 Å². The van der Waals surface area contributed by atoms with Gasteiger partial charge in [0.05, 0.1) is 16.1 Å². The minimum atomic E-state index is -3.99. The summed E-state index contributed by atoms with van der Waals surface area (Å²) in [5, 5.41) is 9.03. The quantitative estimate of drug-likeness (QED) is 0.924. The molecule has 7 heteroatoms. The standard InChI is InChI=1S/C17H16FNO4S/c1-11-6-7-12-4-2-3-5-16(12)19(11)24(22,23)13-8-9-15(18)14(10-13)17(20)21/h2-5,8-11H,6-7H2,1H3,(H,20,21)/t11-/m0/s1. The molecule has 0 saturated heterocycles. The van der Waals surface area contributed by atoms with E-state index in [9.17, 15) is 17.6 Å². The number of aryl methyl sites for hydroxylation is 1. The summed E-state index contributed by atoms with van der Waals surface area (Å²) in [5.74, 6) is -2.47. The Morgan fingerprint density at radius 3 is 2.67 bits per heavy atom. The van der Waals surface area contributed by atoms with Gasteiger partial charge in [-0.3, -0.25) is 4.31 Å². The number of anilines is 1. The molecule has 24 heavy (non-hydrogen) atoms. The SMILES string of the molecule is C[C@H]1CCc2ccccc2N1S(=O)(=O)c1ccc(F)c(C(=O)O)c1. The van der Waals surface area contributed by atoms with Crippen molar-refractivity contribution in [2.24, 2.45) is 0 Å². The highest BCUT2D eigenvalue weighted by atomic mass is 32.2. The molecule has 1 N–H and O–H groups in total. The van der Waals surface area contributed by atoms with Crippen molar-refractivity contribution in [2.75, 3.05) is 4.31 Å². The summed E-state index contributed by atoms with van der Waals surface area (Å²) in [6.45, 7) is 1.80. The highest BCUT2D eigenvalue weighted by Crippen LogP contribution is 2.35. The number of carboxylic acids is 1. The molecule has 2 aromatic rings. The number of hydrogen-bond acceptors (Lipinski definition) is 3. The number of carbonyl (C=O) groups is 1. The summed E-state index contributed by atoms with van der Waals surface area (Å²) in [6, 6.07) is 9.77. The Labute approximate surface area is 139 Å². The molecular formula is C17H16FNO4S. The van der Waals surface area contributed by atoms with Crippen LogP contribution in [-0.2, 0) is 16.4 Å². The van der Waals surface area contributed by atoms with Gasteiger partial charge in [-0.15, -0.1) is 0 Å². The molecular weight excluding hydrogens is 333 g/mol. The van der Waals surface area contributed by atoms with Crippen LogP contribution in [0.25, 0.3) is 0 Å². The third-order valence-electron chi connectivity index (χ3n) is 4.19. The number of fused-ring (bicyclic) bond motifs is 1. The van der Waals surface area contributed by atoms with Crippen LogP contribution in [-0.4, -0.2) is 25.5 Å². The van der Waals surface area contributed by atoms with Gasteiger partial charge in [0.15, 0.2) is 0 Å². The lowest BCUT2D eigenvalue weighted by Crippen LogP contribution is -2.42. The van der Waals surface area contributed by atoms with Crippen molar-refractivity contribution in [3.05, 3.63) is 59.4 Å². The fraction of sp³-hybridized carbons (Fsp3) is 0.235. The Kier molecular flexibility index (Phi) is 4.04. The smallest absolute Gasteiger partial charge is 0.338 e. The molecule has 5 nitrogen and oxygen atoms in total. The Morgan fingerprint density at radius 2 is 1.96 bits per heavy atom. The summed E-state index contributed by atoms with van der Waals surface area (Å²) >= 11 is 0. The molecule has 0 aliphatic carbocycles. The average Bonchev–Trinajstić information content (AvgIpc) is 2.54. The summed E-state index contributed by atoms with van der Waals surface area (Å²) in [6.07, 6.45) is 1.43. The number of sulfonamides is 1. The third kappa shape index (κ3) is 2.65. The molecule has 0 amide bonds.